The summed E-state index contributed by atoms with van der Waals surface area (Å²) in [6.45, 7) is 0. The first-order valence-electron chi connectivity index (χ1n) is 5.67. The highest BCUT2D eigenvalue weighted by Gasteiger charge is 2.36. The van der Waals surface area contributed by atoms with Crippen LogP contribution in [0.25, 0.3) is 0 Å². The van der Waals surface area contributed by atoms with Gasteiger partial charge in [-0.1, -0.05) is 40.9 Å². The van der Waals surface area contributed by atoms with Gasteiger partial charge in [-0.3, -0.25) is 4.79 Å². The van der Waals surface area contributed by atoms with Crippen LogP contribution in [0.4, 0.5) is 0 Å². The van der Waals surface area contributed by atoms with Gasteiger partial charge in [0.25, 0.3) is 0 Å². The Morgan fingerprint density at radius 3 is 2.31 bits per heavy atom. The zero-order valence-electron chi connectivity index (χ0n) is 9.21. The smallest absolute Gasteiger partial charge is 0.218 e. The van der Waals surface area contributed by atoms with E-state index in [1.54, 1.807) is 0 Å². The van der Waals surface area contributed by atoms with Crippen molar-refractivity contribution >= 4 is 21.8 Å². The summed E-state index contributed by atoms with van der Waals surface area (Å²) < 4.78 is 1.07. The van der Waals surface area contributed by atoms with Gasteiger partial charge in [-0.2, -0.15) is 0 Å². The Morgan fingerprint density at radius 1 is 1.25 bits per heavy atom. The van der Waals surface area contributed by atoms with Gasteiger partial charge in [-0.15, -0.1) is 0 Å². The third-order valence-corrected chi connectivity index (χ3v) is 4.06. The first-order chi connectivity index (χ1) is 7.62. The van der Waals surface area contributed by atoms with Crippen LogP contribution in [0.2, 0.25) is 0 Å². The molecule has 1 amide bonds. The Kier molecular flexibility index (Phi) is 3.33. The molecule has 0 unspecified atom stereocenters. The van der Waals surface area contributed by atoms with Crippen molar-refractivity contribution in [3.63, 3.8) is 0 Å². The van der Waals surface area contributed by atoms with Crippen molar-refractivity contribution in [1.29, 1.82) is 0 Å². The van der Waals surface area contributed by atoms with E-state index in [1.807, 2.05) is 12.1 Å². The predicted molar refractivity (Wildman–Crippen MR) is 68.1 cm³/mol. The van der Waals surface area contributed by atoms with Gasteiger partial charge < -0.3 is 5.73 Å². The maximum atomic E-state index is 11.2. The fourth-order valence-electron chi connectivity index (χ4n) is 2.76. The molecular formula is C13H16BrNO. The highest BCUT2D eigenvalue weighted by Crippen LogP contribution is 2.43. The zero-order valence-corrected chi connectivity index (χ0v) is 10.8. The lowest BCUT2D eigenvalue weighted by atomic mass is 9.76. The molecule has 0 aromatic heterocycles. The van der Waals surface area contributed by atoms with Gasteiger partial charge in [0.1, 0.15) is 0 Å². The van der Waals surface area contributed by atoms with Gasteiger partial charge >= 0.3 is 0 Å². The topological polar surface area (TPSA) is 43.1 Å². The van der Waals surface area contributed by atoms with Gasteiger partial charge in [0.05, 0.1) is 0 Å². The lowest BCUT2D eigenvalue weighted by Gasteiger charge is -2.28. The van der Waals surface area contributed by atoms with Crippen LogP contribution in [0.3, 0.4) is 0 Å². The molecule has 1 aliphatic carbocycles. The number of carbonyl (C=O) groups excluding carboxylic acids is 1. The van der Waals surface area contributed by atoms with E-state index in [9.17, 15) is 4.79 Å². The molecule has 16 heavy (non-hydrogen) atoms. The maximum Gasteiger partial charge on any atom is 0.218 e. The highest BCUT2D eigenvalue weighted by atomic mass is 79.9. The van der Waals surface area contributed by atoms with E-state index < -0.39 is 0 Å². The molecule has 2 N–H and O–H groups in total. The van der Waals surface area contributed by atoms with Crippen LogP contribution in [0.5, 0.6) is 0 Å². The monoisotopic (exact) mass is 281 g/mol. The molecule has 2 rings (SSSR count). The number of rotatable bonds is 3. The Morgan fingerprint density at radius 2 is 1.81 bits per heavy atom. The Bertz CT molecular complexity index is 379. The standard InChI is InChI=1S/C13H16BrNO/c14-11-5-3-10(4-6-11)13(9-12(15)16)7-1-2-8-13/h3-6H,1-2,7-9H2,(H2,15,16). The minimum atomic E-state index is -0.190. The third kappa shape index (κ3) is 2.29. The van der Waals surface area contributed by atoms with Gasteiger partial charge in [-0.05, 0) is 30.5 Å². The second kappa shape index (κ2) is 4.58. The van der Waals surface area contributed by atoms with Crippen molar-refractivity contribution in [3.8, 4) is 0 Å². The minimum Gasteiger partial charge on any atom is -0.370 e. The molecular weight excluding hydrogens is 266 g/mol. The van der Waals surface area contributed by atoms with E-state index in [-0.39, 0.29) is 11.3 Å². The van der Waals surface area contributed by atoms with Crippen LogP contribution < -0.4 is 5.73 Å². The molecule has 2 nitrogen and oxygen atoms in total. The summed E-state index contributed by atoms with van der Waals surface area (Å²) in [6, 6.07) is 8.30. The van der Waals surface area contributed by atoms with E-state index in [2.05, 4.69) is 28.1 Å². The molecule has 0 bridgehead atoms. The second-order valence-electron chi connectivity index (χ2n) is 4.64. The molecule has 0 atom stereocenters. The van der Waals surface area contributed by atoms with Crippen molar-refractivity contribution in [1.82, 2.24) is 0 Å². The molecule has 0 heterocycles. The average Bonchev–Trinajstić information content (AvgIpc) is 2.67. The fourth-order valence-corrected chi connectivity index (χ4v) is 3.02. The van der Waals surface area contributed by atoms with E-state index in [1.165, 1.54) is 18.4 Å². The van der Waals surface area contributed by atoms with Crippen LogP contribution >= 0.6 is 15.9 Å². The quantitative estimate of drug-likeness (QED) is 0.909. The van der Waals surface area contributed by atoms with Gasteiger partial charge in [-0.25, -0.2) is 0 Å². The molecule has 86 valence electrons. The lowest BCUT2D eigenvalue weighted by molar-refractivity contribution is -0.119. The molecule has 1 aromatic carbocycles. The van der Waals surface area contributed by atoms with E-state index in [0.29, 0.717) is 6.42 Å². The van der Waals surface area contributed by atoms with Crippen molar-refractivity contribution in [3.05, 3.63) is 34.3 Å². The summed E-state index contributed by atoms with van der Waals surface area (Å²) in [5.41, 5.74) is 6.64. The number of primary amides is 1. The van der Waals surface area contributed by atoms with Crippen LogP contribution in [-0.4, -0.2) is 5.91 Å². The van der Waals surface area contributed by atoms with E-state index in [0.717, 1.165) is 17.3 Å². The maximum absolute atomic E-state index is 11.2. The SMILES string of the molecule is NC(=O)CC1(c2ccc(Br)cc2)CCCC1. The Balaban J connectivity index is 2.31. The predicted octanol–water partition coefficient (Wildman–Crippen LogP) is 3.14. The van der Waals surface area contributed by atoms with Crippen molar-refractivity contribution in [2.75, 3.05) is 0 Å². The van der Waals surface area contributed by atoms with Crippen LogP contribution in [0.1, 0.15) is 37.7 Å². The van der Waals surface area contributed by atoms with Crippen molar-refractivity contribution in [2.45, 2.75) is 37.5 Å². The number of nitrogens with two attached hydrogens (primary N) is 1. The molecule has 0 saturated heterocycles. The lowest BCUT2D eigenvalue weighted by Crippen LogP contribution is -2.29. The number of hydrogen-bond acceptors (Lipinski definition) is 1. The molecule has 1 fully saturated rings. The molecule has 1 saturated carbocycles. The normalized spacial score (nSPS) is 18.6. The summed E-state index contributed by atoms with van der Waals surface area (Å²) >= 11 is 3.43. The van der Waals surface area contributed by atoms with Gasteiger partial charge in [0, 0.05) is 16.3 Å². The van der Waals surface area contributed by atoms with Crippen molar-refractivity contribution in [2.24, 2.45) is 5.73 Å². The summed E-state index contributed by atoms with van der Waals surface area (Å²) in [7, 11) is 0. The minimum absolute atomic E-state index is 0.00648. The number of carbonyl (C=O) groups is 1. The number of halogens is 1. The molecule has 1 aliphatic rings. The molecule has 0 radical (unpaired) electrons. The van der Waals surface area contributed by atoms with Crippen LogP contribution in [0.15, 0.2) is 28.7 Å². The highest BCUT2D eigenvalue weighted by molar-refractivity contribution is 9.10. The number of hydrogen-bond donors (Lipinski definition) is 1. The fraction of sp³-hybridized carbons (Fsp3) is 0.462. The van der Waals surface area contributed by atoms with Crippen molar-refractivity contribution < 1.29 is 4.79 Å². The summed E-state index contributed by atoms with van der Waals surface area (Å²) in [5, 5.41) is 0. The third-order valence-electron chi connectivity index (χ3n) is 3.53. The second-order valence-corrected chi connectivity index (χ2v) is 5.55. The molecule has 3 heteroatoms. The largest absolute Gasteiger partial charge is 0.370 e. The van der Waals surface area contributed by atoms with Gasteiger partial charge in [0.2, 0.25) is 5.91 Å². The van der Waals surface area contributed by atoms with E-state index >= 15 is 0 Å². The zero-order chi connectivity index (χ0) is 11.6. The average molecular weight is 282 g/mol. The summed E-state index contributed by atoms with van der Waals surface area (Å²) in [4.78, 5) is 11.2. The molecule has 0 spiro atoms. The number of benzene rings is 1. The molecule has 0 aliphatic heterocycles. The number of amides is 1. The summed E-state index contributed by atoms with van der Waals surface area (Å²) in [5.74, 6) is -0.190. The summed E-state index contributed by atoms with van der Waals surface area (Å²) in [6.07, 6.45) is 5.04. The first-order valence-corrected chi connectivity index (χ1v) is 6.46. The van der Waals surface area contributed by atoms with Gasteiger partial charge in [0.15, 0.2) is 0 Å². The Hall–Kier alpha value is -0.830. The van der Waals surface area contributed by atoms with E-state index in [4.69, 9.17) is 5.73 Å². The Labute approximate surface area is 104 Å². The molecule has 1 aromatic rings. The van der Waals surface area contributed by atoms with Crippen LogP contribution in [0, 0.1) is 0 Å². The first kappa shape index (κ1) is 11.6. The van der Waals surface area contributed by atoms with Crippen LogP contribution in [-0.2, 0) is 10.2 Å².